The van der Waals surface area contributed by atoms with Crippen molar-refractivity contribution in [3.05, 3.63) is 77.7 Å². The number of aryl methyl sites for hydroxylation is 1. The molecule has 6 heteroatoms. The third-order valence-corrected chi connectivity index (χ3v) is 11.1. The van der Waals surface area contributed by atoms with Gasteiger partial charge in [0.15, 0.2) is 0 Å². The van der Waals surface area contributed by atoms with Crippen LogP contribution < -0.4 is 24.7 Å². The second-order valence-corrected chi connectivity index (χ2v) is 12.8. The van der Waals surface area contributed by atoms with Crippen LogP contribution >= 0.6 is 42.4 Å². The summed E-state index contributed by atoms with van der Waals surface area (Å²) in [7, 11) is 2.78. The van der Waals surface area contributed by atoms with Crippen LogP contribution in [0.15, 0.2) is 81.2 Å². The molecule has 0 N–H and O–H groups in total. The Hall–Kier alpha value is -1.78. The van der Waals surface area contributed by atoms with E-state index in [-0.39, 0.29) is 0 Å². The quantitative estimate of drug-likeness (QED) is 0.282. The van der Waals surface area contributed by atoms with Gasteiger partial charge in [0.25, 0.3) is 0 Å². The van der Waals surface area contributed by atoms with Gasteiger partial charge in [-0.15, -0.1) is 22.7 Å². The van der Waals surface area contributed by atoms with E-state index in [1.165, 1.54) is 28.5 Å². The van der Waals surface area contributed by atoms with Crippen LogP contribution in [0.5, 0.6) is 11.5 Å². The number of benzene rings is 2. The number of rotatable bonds is 8. The highest BCUT2D eigenvalue weighted by atomic mass is 32.2. The van der Waals surface area contributed by atoms with Crippen molar-refractivity contribution < 1.29 is 9.47 Å². The maximum Gasteiger partial charge on any atom is 0.118 e. The van der Waals surface area contributed by atoms with Crippen LogP contribution in [0.2, 0.25) is 0 Å². The minimum atomic E-state index is -0.635. The summed E-state index contributed by atoms with van der Waals surface area (Å²) < 4.78 is 14.8. The molecule has 0 aliphatic heterocycles. The first-order valence-corrected chi connectivity index (χ1v) is 13.4. The molecule has 2 aromatic carbocycles. The summed E-state index contributed by atoms with van der Waals surface area (Å²) in [5.41, 5.74) is 0. The Morgan fingerprint density at radius 3 is 1.73 bits per heavy atom. The highest BCUT2D eigenvalue weighted by Crippen LogP contribution is 2.41. The van der Waals surface area contributed by atoms with Crippen LogP contribution in [0.1, 0.15) is 11.8 Å². The van der Waals surface area contributed by atoms with Crippen LogP contribution in [0.3, 0.4) is 0 Å². The maximum atomic E-state index is 5.36. The van der Waals surface area contributed by atoms with Crippen molar-refractivity contribution in [3.8, 4) is 11.5 Å². The van der Waals surface area contributed by atoms with Crippen LogP contribution in [0, 0.1) is 0 Å². The summed E-state index contributed by atoms with van der Waals surface area (Å²) in [6, 6.07) is 26.0. The first-order valence-electron chi connectivity index (χ1n) is 9.65. The predicted molar refractivity (Wildman–Crippen MR) is 134 cm³/mol. The smallest absolute Gasteiger partial charge is 0.118 e. The molecule has 154 valence electrons. The Balaban J connectivity index is 1.67. The summed E-state index contributed by atoms with van der Waals surface area (Å²) in [6.45, 7) is 2.21. The molecule has 0 aliphatic carbocycles. The lowest BCUT2D eigenvalue weighted by Crippen LogP contribution is -2.18. The molecule has 0 aliphatic rings. The summed E-state index contributed by atoms with van der Waals surface area (Å²) >= 11 is 5.66. The van der Waals surface area contributed by atoms with Gasteiger partial charge in [-0.1, -0.05) is 43.0 Å². The van der Waals surface area contributed by atoms with Gasteiger partial charge in [-0.05, 0) is 73.5 Å². The average Bonchev–Trinajstić information content (AvgIpc) is 3.45. The van der Waals surface area contributed by atoms with Gasteiger partial charge in [0.2, 0.25) is 0 Å². The van der Waals surface area contributed by atoms with Crippen LogP contribution in [0.4, 0.5) is 0 Å². The Morgan fingerprint density at radius 2 is 1.23 bits per heavy atom. The molecule has 4 aromatic rings. The van der Waals surface area contributed by atoms with Crippen molar-refractivity contribution >= 4 is 57.6 Å². The van der Waals surface area contributed by atoms with Gasteiger partial charge < -0.3 is 9.47 Å². The monoisotopic (exact) mass is 470 g/mol. The molecule has 0 unspecified atom stereocenters. The lowest BCUT2D eigenvalue weighted by atomic mass is 10.3. The van der Waals surface area contributed by atoms with Crippen LogP contribution in [-0.4, -0.2) is 14.2 Å². The lowest BCUT2D eigenvalue weighted by molar-refractivity contribution is 0.415. The fourth-order valence-corrected chi connectivity index (χ4v) is 9.70. The summed E-state index contributed by atoms with van der Waals surface area (Å²) in [4.78, 5) is 1.44. The average molecular weight is 471 g/mol. The second-order valence-electron chi connectivity index (χ2n) is 6.50. The number of thiophene rings is 2. The van der Waals surface area contributed by atoms with Crippen molar-refractivity contribution in [3.63, 3.8) is 0 Å². The second kappa shape index (κ2) is 10.0. The lowest BCUT2D eigenvalue weighted by Gasteiger charge is -2.18. The topological polar surface area (TPSA) is 18.5 Å². The molecule has 0 fully saturated rings. The maximum absolute atomic E-state index is 5.36. The molecule has 2 aromatic heterocycles. The summed E-state index contributed by atoms with van der Waals surface area (Å²) in [6.07, 6.45) is 1.10. The van der Waals surface area contributed by atoms with Gasteiger partial charge in [0.05, 0.1) is 22.6 Å². The Morgan fingerprint density at radius 1 is 0.700 bits per heavy atom. The Labute approximate surface area is 191 Å². The molecule has 2 nitrogen and oxygen atoms in total. The number of hydrogen-bond acceptors (Lipinski definition) is 5. The summed E-state index contributed by atoms with van der Waals surface area (Å²) in [5.74, 6) is 1.77. The van der Waals surface area contributed by atoms with Gasteiger partial charge in [-0.3, -0.25) is 0 Å². The molecule has 4 rings (SSSR count). The van der Waals surface area contributed by atoms with Gasteiger partial charge >= 0.3 is 0 Å². The fourth-order valence-electron chi connectivity index (χ4n) is 3.05. The standard InChI is InChI=1S/C24H23O2PS3/c1-4-21-13-15-23(28-21)30-24-16-14-22(29-24)27(19-9-5-17(25-2)6-10-19)20-11-7-18(26-3)8-12-20/h5-16H,4H2,1-3H3. The van der Waals surface area contributed by atoms with Crippen LogP contribution in [-0.2, 0) is 6.42 Å². The number of hydrogen-bond donors (Lipinski definition) is 0. The third kappa shape index (κ3) is 4.92. The molecule has 0 radical (unpaired) electrons. The van der Waals surface area contributed by atoms with E-state index in [2.05, 4.69) is 79.7 Å². The molecular formula is C24H23O2PS3. The van der Waals surface area contributed by atoms with Crippen molar-refractivity contribution in [2.45, 2.75) is 21.8 Å². The van der Waals surface area contributed by atoms with Crippen molar-refractivity contribution in [2.75, 3.05) is 14.2 Å². The molecule has 0 spiro atoms. The number of methoxy groups -OCH3 is 2. The molecule has 0 saturated carbocycles. The van der Waals surface area contributed by atoms with Crippen molar-refractivity contribution in [2.24, 2.45) is 0 Å². The molecule has 2 heterocycles. The zero-order chi connectivity index (χ0) is 20.9. The van der Waals surface area contributed by atoms with E-state index in [1.54, 1.807) is 14.2 Å². The molecular weight excluding hydrogens is 447 g/mol. The highest BCUT2D eigenvalue weighted by molar-refractivity contribution is 8.03. The molecule has 0 bridgehead atoms. The first kappa shape index (κ1) is 21.5. The minimum Gasteiger partial charge on any atom is -0.497 e. The molecule has 0 atom stereocenters. The van der Waals surface area contributed by atoms with E-state index < -0.39 is 7.92 Å². The Kier molecular flexibility index (Phi) is 7.16. The van der Waals surface area contributed by atoms with E-state index in [0.717, 1.165) is 17.9 Å². The minimum absolute atomic E-state index is 0.635. The first-order chi connectivity index (χ1) is 14.7. The molecule has 0 amide bonds. The van der Waals surface area contributed by atoms with Crippen molar-refractivity contribution in [1.82, 2.24) is 0 Å². The molecule has 30 heavy (non-hydrogen) atoms. The van der Waals surface area contributed by atoms with Crippen molar-refractivity contribution in [1.29, 1.82) is 0 Å². The van der Waals surface area contributed by atoms with Crippen LogP contribution in [0.25, 0.3) is 0 Å². The third-order valence-electron chi connectivity index (χ3n) is 4.64. The number of ether oxygens (including phenoxy) is 2. The predicted octanol–water partition coefficient (Wildman–Crippen LogP) is 6.30. The van der Waals surface area contributed by atoms with Gasteiger partial charge in [0, 0.05) is 9.50 Å². The zero-order valence-corrected chi connectivity index (χ0v) is 20.5. The molecule has 0 saturated heterocycles. The van der Waals surface area contributed by atoms with Gasteiger partial charge in [0.1, 0.15) is 11.5 Å². The fraction of sp³-hybridized carbons (Fsp3) is 0.167. The van der Waals surface area contributed by atoms with E-state index in [0.29, 0.717) is 0 Å². The zero-order valence-electron chi connectivity index (χ0n) is 17.1. The largest absolute Gasteiger partial charge is 0.497 e. The van der Waals surface area contributed by atoms with Gasteiger partial charge in [-0.2, -0.15) is 0 Å². The Bertz CT molecular complexity index is 1040. The van der Waals surface area contributed by atoms with E-state index in [9.17, 15) is 0 Å². The van der Waals surface area contributed by atoms with Gasteiger partial charge in [-0.25, -0.2) is 0 Å². The normalized spacial score (nSPS) is 11.1. The van der Waals surface area contributed by atoms with E-state index >= 15 is 0 Å². The SMILES string of the molecule is CCc1ccc(Sc2ccc(P(c3ccc(OC)cc3)c3ccc(OC)cc3)s2)s1. The summed E-state index contributed by atoms with van der Waals surface area (Å²) in [5, 5.41) is 2.64. The highest BCUT2D eigenvalue weighted by Gasteiger charge is 2.19. The van der Waals surface area contributed by atoms with E-state index in [4.69, 9.17) is 9.47 Å². The van der Waals surface area contributed by atoms with E-state index in [1.807, 2.05) is 34.4 Å².